The van der Waals surface area contributed by atoms with Crippen LogP contribution in [0.4, 0.5) is 0 Å². The van der Waals surface area contributed by atoms with E-state index in [4.69, 9.17) is 9.47 Å². The van der Waals surface area contributed by atoms with Crippen LogP contribution in [0.25, 0.3) is 0 Å². The van der Waals surface area contributed by atoms with Crippen molar-refractivity contribution >= 4 is 9.84 Å². The molecular formula is C20H27NO4S. The zero-order chi connectivity index (χ0) is 19.0. The molecule has 0 unspecified atom stereocenters. The predicted molar refractivity (Wildman–Crippen MR) is 103 cm³/mol. The van der Waals surface area contributed by atoms with E-state index in [1.54, 1.807) is 55.6 Å². The van der Waals surface area contributed by atoms with Crippen LogP contribution in [0.5, 0.6) is 11.5 Å². The van der Waals surface area contributed by atoms with Crippen molar-refractivity contribution < 1.29 is 17.9 Å². The number of hydrogen-bond acceptors (Lipinski definition) is 5. The Morgan fingerprint density at radius 3 is 2.27 bits per heavy atom. The second kappa shape index (κ2) is 9.59. The molecule has 0 atom stereocenters. The molecule has 0 saturated heterocycles. The number of sulfone groups is 1. The van der Waals surface area contributed by atoms with Crippen LogP contribution in [0.15, 0.2) is 58.3 Å². The lowest BCUT2D eigenvalue weighted by atomic mass is 10.2. The minimum absolute atomic E-state index is 0.193. The molecule has 0 spiro atoms. The zero-order valence-electron chi connectivity index (χ0n) is 15.6. The summed E-state index contributed by atoms with van der Waals surface area (Å²) in [6, 6.07) is 13.2. The Kier molecular flexibility index (Phi) is 7.48. The molecule has 0 aromatic heterocycles. The van der Waals surface area contributed by atoms with Gasteiger partial charge in [-0.3, -0.25) is 0 Å². The fraction of sp³-hybridized carbons (Fsp3) is 0.400. The average Bonchev–Trinajstić information content (AvgIpc) is 2.64. The van der Waals surface area contributed by atoms with Gasteiger partial charge in [-0.2, -0.15) is 0 Å². The quantitative estimate of drug-likeness (QED) is 0.592. The van der Waals surface area contributed by atoms with Crippen molar-refractivity contribution in [2.75, 3.05) is 34.4 Å². The Bertz CT molecular complexity index is 786. The molecule has 142 valence electrons. The summed E-state index contributed by atoms with van der Waals surface area (Å²) in [6.07, 6.45) is 3.04. The van der Waals surface area contributed by atoms with E-state index in [1.165, 1.54) is 0 Å². The first-order valence-corrected chi connectivity index (χ1v) is 10.2. The minimum atomic E-state index is -3.64. The van der Waals surface area contributed by atoms with Gasteiger partial charge in [0.15, 0.2) is 0 Å². The smallest absolute Gasteiger partial charge is 0.210 e. The number of para-hydroxylation sites is 1. The Hall–Kier alpha value is -2.05. The molecule has 0 N–H and O–H groups in total. The summed E-state index contributed by atoms with van der Waals surface area (Å²) in [7, 11) is 2.01. The molecular weight excluding hydrogens is 350 g/mol. The third kappa shape index (κ3) is 5.47. The second-order valence-corrected chi connectivity index (χ2v) is 8.26. The third-order valence-corrected chi connectivity index (χ3v) is 5.82. The molecule has 0 saturated carbocycles. The predicted octanol–water partition coefficient (Wildman–Crippen LogP) is 3.64. The van der Waals surface area contributed by atoms with E-state index in [9.17, 15) is 8.42 Å². The topological polar surface area (TPSA) is 55.8 Å². The molecule has 6 heteroatoms. The lowest BCUT2D eigenvalue weighted by molar-refractivity contribution is 0.292. The number of methoxy groups -OCH3 is 1. The molecule has 0 aliphatic rings. The van der Waals surface area contributed by atoms with Gasteiger partial charge in [-0.05, 0) is 76.3 Å². The number of hydrogen-bond donors (Lipinski definition) is 0. The van der Waals surface area contributed by atoms with Gasteiger partial charge in [-0.1, -0.05) is 12.1 Å². The molecule has 0 aliphatic carbocycles. The van der Waals surface area contributed by atoms with Crippen LogP contribution in [-0.2, 0) is 9.84 Å². The van der Waals surface area contributed by atoms with E-state index < -0.39 is 9.84 Å². The van der Waals surface area contributed by atoms with Crippen molar-refractivity contribution in [3.8, 4) is 11.5 Å². The van der Waals surface area contributed by atoms with Gasteiger partial charge in [0.05, 0.1) is 18.6 Å². The van der Waals surface area contributed by atoms with Crippen LogP contribution >= 0.6 is 0 Å². The standard InChI is InChI=1S/C20H27NO4S/c1-21(2)15-7-4-8-16-25-19-9-5-6-10-20(19)26(22,23)18-13-11-17(24-3)12-14-18/h5-6,9-14H,4,7-8,15-16H2,1-3H3. The maximum atomic E-state index is 12.9. The fourth-order valence-corrected chi connectivity index (χ4v) is 3.96. The lowest BCUT2D eigenvalue weighted by Gasteiger charge is -2.13. The molecule has 0 fully saturated rings. The van der Waals surface area contributed by atoms with Crippen LogP contribution in [-0.4, -0.2) is 47.7 Å². The maximum Gasteiger partial charge on any atom is 0.210 e. The molecule has 2 rings (SSSR count). The highest BCUT2D eigenvalue weighted by molar-refractivity contribution is 7.91. The van der Waals surface area contributed by atoms with Crippen LogP contribution in [0.1, 0.15) is 19.3 Å². The Morgan fingerprint density at radius 2 is 1.62 bits per heavy atom. The second-order valence-electron chi connectivity index (χ2n) is 6.34. The molecule has 5 nitrogen and oxygen atoms in total. The monoisotopic (exact) mass is 377 g/mol. The molecule has 0 aliphatic heterocycles. The van der Waals surface area contributed by atoms with Gasteiger partial charge in [-0.25, -0.2) is 8.42 Å². The summed E-state index contributed by atoms with van der Waals surface area (Å²) in [5.41, 5.74) is 0. The number of unbranched alkanes of at least 4 members (excludes halogenated alkanes) is 2. The van der Waals surface area contributed by atoms with Gasteiger partial charge in [0.1, 0.15) is 16.4 Å². The molecule has 0 bridgehead atoms. The summed E-state index contributed by atoms with van der Waals surface area (Å²) in [5.74, 6) is 1.02. The van der Waals surface area contributed by atoms with E-state index in [2.05, 4.69) is 19.0 Å². The molecule has 2 aromatic carbocycles. The molecule has 0 amide bonds. The Balaban J connectivity index is 2.07. The summed E-state index contributed by atoms with van der Waals surface area (Å²) < 4.78 is 36.7. The maximum absolute atomic E-state index is 12.9. The highest BCUT2D eigenvalue weighted by Gasteiger charge is 2.22. The Morgan fingerprint density at radius 1 is 0.923 bits per heavy atom. The van der Waals surface area contributed by atoms with E-state index in [-0.39, 0.29) is 9.79 Å². The van der Waals surface area contributed by atoms with Gasteiger partial charge < -0.3 is 14.4 Å². The highest BCUT2D eigenvalue weighted by Crippen LogP contribution is 2.30. The fourth-order valence-electron chi connectivity index (χ4n) is 2.56. The van der Waals surface area contributed by atoms with Crippen molar-refractivity contribution in [1.29, 1.82) is 0 Å². The lowest BCUT2D eigenvalue weighted by Crippen LogP contribution is -2.13. The van der Waals surface area contributed by atoms with Crippen LogP contribution in [0, 0.1) is 0 Å². The summed E-state index contributed by atoms with van der Waals surface area (Å²) in [4.78, 5) is 2.57. The van der Waals surface area contributed by atoms with Gasteiger partial charge in [-0.15, -0.1) is 0 Å². The first kappa shape index (κ1) is 20.3. The largest absolute Gasteiger partial charge is 0.497 e. The first-order chi connectivity index (χ1) is 12.4. The van der Waals surface area contributed by atoms with E-state index in [0.717, 1.165) is 25.8 Å². The zero-order valence-corrected chi connectivity index (χ0v) is 16.5. The van der Waals surface area contributed by atoms with Crippen molar-refractivity contribution in [3.63, 3.8) is 0 Å². The molecule has 2 aromatic rings. The van der Waals surface area contributed by atoms with Gasteiger partial charge in [0, 0.05) is 0 Å². The number of rotatable bonds is 10. The normalized spacial score (nSPS) is 11.5. The number of benzene rings is 2. The van der Waals surface area contributed by atoms with Gasteiger partial charge in [0.2, 0.25) is 9.84 Å². The van der Waals surface area contributed by atoms with Crippen LogP contribution < -0.4 is 9.47 Å². The van der Waals surface area contributed by atoms with Gasteiger partial charge in [0.25, 0.3) is 0 Å². The number of nitrogens with zero attached hydrogens (tertiary/aromatic N) is 1. The van der Waals surface area contributed by atoms with Gasteiger partial charge >= 0.3 is 0 Å². The third-order valence-electron chi connectivity index (χ3n) is 4.02. The van der Waals surface area contributed by atoms with Crippen molar-refractivity contribution in [2.45, 2.75) is 29.1 Å². The summed E-state index contributed by atoms with van der Waals surface area (Å²) >= 11 is 0. The number of ether oxygens (including phenoxy) is 2. The molecule has 26 heavy (non-hydrogen) atoms. The minimum Gasteiger partial charge on any atom is -0.497 e. The highest BCUT2D eigenvalue weighted by atomic mass is 32.2. The van der Waals surface area contributed by atoms with Crippen molar-refractivity contribution in [2.24, 2.45) is 0 Å². The first-order valence-electron chi connectivity index (χ1n) is 8.71. The van der Waals surface area contributed by atoms with Crippen molar-refractivity contribution in [1.82, 2.24) is 4.90 Å². The average molecular weight is 378 g/mol. The molecule has 0 radical (unpaired) electrons. The summed E-state index contributed by atoms with van der Waals surface area (Å²) in [5, 5.41) is 0. The summed E-state index contributed by atoms with van der Waals surface area (Å²) in [6.45, 7) is 1.55. The Labute approximate surface area is 156 Å². The van der Waals surface area contributed by atoms with E-state index >= 15 is 0 Å². The van der Waals surface area contributed by atoms with Crippen molar-refractivity contribution in [3.05, 3.63) is 48.5 Å². The SMILES string of the molecule is COc1ccc(S(=O)(=O)c2ccccc2OCCCCCN(C)C)cc1. The van der Waals surface area contributed by atoms with Crippen LogP contribution in [0.2, 0.25) is 0 Å². The van der Waals surface area contributed by atoms with Crippen LogP contribution in [0.3, 0.4) is 0 Å². The van der Waals surface area contributed by atoms with E-state index in [0.29, 0.717) is 18.1 Å². The molecule has 0 heterocycles. The van der Waals surface area contributed by atoms with E-state index in [1.807, 2.05) is 0 Å².